The van der Waals surface area contributed by atoms with Crippen molar-refractivity contribution >= 4 is 0 Å². The number of pyridine rings is 1. The largest absolute Gasteiger partial charge is 0.306 e. The van der Waals surface area contributed by atoms with Crippen LogP contribution in [-0.4, -0.2) is 11.0 Å². The van der Waals surface area contributed by atoms with Crippen LogP contribution in [-0.2, 0) is 0 Å². The summed E-state index contributed by atoms with van der Waals surface area (Å²) in [5, 5.41) is 3.68. The molecule has 0 amide bonds. The standard InChI is InChI=1S/C13H20N2/c1-10-6-5-8-12(10)15-11(2)13-7-3-4-9-14-13/h3-4,7,9-12,15H,5-6,8H2,1-2H3/t10?,11-,12?/m0/s1. The molecule has 2 rings (SSSR count). The average Bonchev–Trinajstić information content (AvgIpc) is 2.66. The van der Waals surface area contributed by atoms with E-state index >= 15 is 0 Å². The molecule has 2 unspecified atom stereocenters. The van der Waals surface area contributed by atoms with Crippen molar-refractivity contribution in [2.24, 2.45) is 5.92 Å². The third-order valence-corrected chi connectivity index (χ3v) is 3.46. The molecule has 0 aromatic carbocycles. The monoisotopic (exact) mass is 204 g/mol. The smallest absolute Gasteiger partial charge is 0.0570 e. The van der Waals surface area contributed by atoms with Gasteiger partial charge in [0.15, 0.2) is 0 Å². The molecule has 3 atom stereocenters. The molecule has 2 nitrogen and oxygen atoms in total. The predicted octanol–water partition coefficient (Wildman–Crippen LogP) is 2.92. The van der Waals surface area contributed by atoms with Crippen molar-refractivity contribution in [1.82, 2.24) is 10.3 Å². The summed E-state index contributed by atoms with van der Waals surface area (Å²) in [4.78, 5) is 4.38. The molecule has 15 heavy (non-hydrogen) atoms. The summed E-state index contributed by atoms with van der Waals surface area (Å²) in [5.74, 6) is 0.816. The van der Waals surface area contributed by atoms with E-state index in [0.29, 0.717) is 12.1 Å². The SMILES string of the molecule is CC1CCCC1N[C@@H](C)c1ccccn1. The first-order chi connectivity index (χ1) is 7.27. The topological polar surface area (TPSA) is 24.9 Å². The van der Waals surface area contributed by atoms with Gasteiger partial charge >= 0.3 is 0 Å². The highest BCUT2D eigenvalue weighted by atomic mass is 15.0. The Bertz CT molecular complexity index is 297. The summed E-state index contributed by atoms with van der Waals surface area (Å²) < 4.78 is 0. The van der Waals surface area contributed by atoms with Crippen LogP contribution in [0, 0.1) is 5.92 Å². The fourth-order valence-electron chi connectivity index (χ4n) is 2.43. The van der Waals surface area contributed by atoms with Gasteiger partial charge in [0.25, 0.3) is 0 Å². The number of aromatic nitrogens is 1. The zero-order valence-electron chi connectivity index (χ0n) is 9.61. The van der Waals surface area contributed by atoms with Gasteiger partial charge in [0.05, 0.1) is 5.69 Å². The van der Waals surface area contributed by atoms with E-state index in [1.807, 2.05) is 12.3 Å². The number of nitrogens with one attached hydrogen (secondary N) is 1. The van der Waals surface area contributed by atoms with E-state index in [0.717, 1.165) is 11.6 Å². The molecule has 1 N–H and O–H groups in total. The molecule has 1 aliphatic rings. The van der Waals surface area contributed by atoms with Gasteiger partial charge in [0.1, 0.15) is 0 Å². The van der Waals surface area contributed by atoms with E-state index in [1.165, 1.54) is 19.3 Å². The van der Waals surface area contributed by atoms with Crippen LogP contribution in [0.15, 0.2) is 24.4 Å². The molecular formula is C13H20N2. The fourth-order valence-corrected chi connectivity index (χ4v) is 2.43. The molecule has 1 heterocycles. The van der Waals surface area contributed by atoms with Gasteiger partial charge < -0.3 is 5.32 Å². The second-order valence-electron chi connectivity index (χ2n) is 4.66. The molecule has 82 valence electrons. The molecule has 0 saturated heterocycles. The van der Waals surface area contributed by atoms with Crippen LogP contribution in [0.25, 0.3) is 0 Å². The van der Waals surface area contributed by atoms with Crippen molar-refractivity contribution in [3.8, 4) is 0 Å². The Labute approximate surface area is 92.1 Å². The van der Waals surface area contributed by atoms with E-state index < -0.39 is 0 Å². The van der Waals surface area contributed by atoms with Crippen LogP contribution in [0.3, 0.4) is 0 Å². The highest BCUT2D eigenvalue weighted by Gasteiger charge is 2.24. The first-order valence-electron chi connectivity index (χ1n) is 5.94. The third kappa shape index (κ3) is 2.57. The van der Waals surface area contributed by atoms with Crippen LogP contribution >= 0.6 is 0 Å². The molecule has 0 radical (unpaired) electrons. The zero-order chi connectivity index (χ0) is 10.7. The van der Waals surface area contributed by atoms with Crippen molar-refractivity contribution in [2.45, 2.75) is 45.2 Å². The Kier molecular flexibility index (Phi) is 3.37. The third-order valence-electron chi connectivity index (χ3n) is 3.46. The molecule has 1 aromatic rings. The first kappa shape index (κ1) is 10.6. The summed E-state index contributed by atoms with van der Waals surface area (Å²) in [6, 6.07) is 7.17. The molecule has 1 fully saturated rings. The van der Waals surface area contributed by atoms with Crippen LogP contribution in [0.5, 0.6) is 0 Å². The molecular weight excluding hydrogens is 184 g/mol. The molecule has 1 saturated carbocycles. The lowest BCUT2D eigenvalue weighted by molar-refractivity contribution is 0.385. The maximum Gasteiger partial charge on any atom is 0.0570 e. The Morgan fingerprint density at radius 3 is 2.87 bits per heavy atom. The predicted molar refractivity (Wildman–Crippen MR) is 62.6 cm³/mol. The van der Waals surface area contributed by atoms with Gasteiger partial charge in [-0.1, -0.05) is 19.4 Å². The van der Waals surface area contributed by atoms with E-state index in [-0.39, 0.29) is 0 Å². The second kappa shape index (κ2) is 4.75. The minimum absolute atomic E-state index is 0.372. The van der Waals surface area contributed by atoms with E-state index in [4.69, 9.17) is 0 Å². The van der Waals surface area contributed by atoms with Crippen molar-refractivity contribution < 1.29 is 0 Å². The lowest BCUT2D eigenvalue weighted by atomic mass is 10.0. The van der Waals surface area contributed by atoms with Crippen LogP contribution < -0.4 is 5.32 Å². The molecule has 2 heteroatoms. The summed E-state index contributed by atoms with van der Waals surface area (Å²) in [5.41, 5.74) is 1.15. The summed E-state index contributed by atoms with van der Waals surface area (Å²) in [6.07, 6.45) is 5.92. The van der Waals surface area contributed by atoms with Gasteiger partial charge in [0.2, 0.25) is 0 Å². The molecule has 1 aliphatic carbocycles. The number of rotatable bonds is 3. The Morgan fingerprint density at radius 2 is 2.27 bits per heavy atom. The average molecular weight is 204 g/mol. The molecule has 0 bridgehead atoms. The van der Waals surface area contributed by atoms with Gasteiger partial charge in [-0.15, -0.1) is 0 Å². The normalized spacial score (nSPS) is 27.9. The van der Waals surface area contributed by atoms with E-state index in [1.54, 1.807) is 0 Å². The first-order valence-corrected chi connectivity index (χ1v) is 5.94. The van der Waals surface area contributed by atoms with Gasteiger partial charge in [0, 0.05) is 18.3 Å². The minimum atomic E-state index is 0.372. The van der Waals surface area contributed by atoms with Gasteiger partial charge in [-0.2, -0.15) is 0 Å². The summed E-state index contributed by atoms with van der Waals surface area (Å²) >= 11 is 0. The van der Waals surface area contributed by atoms with Crippen molar-refractivity contribution in [1.29, 1.82) is 0 Å². The molecule has 0 spiro atoms. The fraction of sp³-hybridized carbons (Fsp3) is 0.615. The Morgan fingerprint density at radius 1 is 1.40 bits per heavy atom. The summed E-state index contributed by atoms with van der Waals surface area (Å²) in [6.45, 7) is 4.54. The highest BCUT2D eigenvalue weighted by Crippen LogP contribution is 2.26. The number of nitrogens with zero attached hydrogens (tertiary/aromatic N) is 1. The highest BCUT2D eigenvalue weighted by molar-refractivity contribution is 5.08. The number of hydrogen-bond acceptors (Lipinski definition) is 2. The van der Waals surface area contributed by atoms with E-state index in [2.05, 4.69) is 36.3 Å². The van der Waals surface area contributed by atoms with Crippen molar-refractivity contribution in [3.63, 3.8) is 0 Å². The van der Waals surface area contributed by atoms with Crippen molar-refractivity contribution in [3.05, 3.63) is 30.1 Å². The van der Waals surface area contributed by atoms with Crippen LogP contribution in [0.4, 0.5) is 0 Å². The second-order valence-corrected chi connectivity index (χ2v) is 4.66. The zero-order valence-corrected chi connectivity index (χ0v) is 9.61. The van der Waals surface area contributed by atoms with Gasteiger partial charge in [-0.3, -0.25) is 4.98 Å². The van der Waals surface area contributed by atoms with Gasteiger partial charge in [-0.25, -0.2) is 0 Å². The van der Waals surface area contributed by atoms with Gasteiger partial charge in [-0.05, 0) is 37.8 Å². The lowest BCUT2D eigenvalue weighted by Gasteiger charge is -2.22. The quantitative estimate of drug-likeness (QED) is 0.819. The minimum Gasteiger partial charge on any atom is -0.306 e. The maximum atomic E-state index is 4.38. The molecule has 1 aromatic heterocycles. The van der Waals surface area contributed by atoms with Crippen LogP contribution in [0.1, 0.15) is 44.8 Å². The Balaban J connectivity index is 1.95. The lowest BCUT2D eigenvalue weighted by Crippen LogP contribution is -2.33. The summed E-state index contributed by atoms with van der Waals surface area (Å²) in [7, 11) is 0. The Hall–Kier alpha value is -0.890. The molecule has 0 aliphatic heterocycles. The number of hydrogen-bond donors (Lipinski definition) is 1. The van der Waals surface area contributed by atoms with E-state index in [9.17, 15) is 0 Å². The van der Waals surface area contributed by atoms with Crippen LogP contribution in [0.2, 0.25) is 0 Å². The van der Waals surface area contributed by atoms with Crippen molar-refractivity contribution in [2.75, 3.05) is 0 Å². The maximum absolute atomic E-state index is 4.38.